The number of rotatable bonds is 2. The molecule has 1 N–H and O–H groups in total. The zero-order chi connectivity index (χ0) is 21.8. The van der Waals surface area contributed by atoms with Gasteiger partial charge in [0, 0.05) is 24.4 Å². The predicted octanol–water partition coefficient (Wildman–Crippen LogP) is 6.00. The molecule has 2 aromatic rings. The van der Waals surface area contributed by atoms with Crippen molar-refractivity contribution < 1.29 is 0 Å². The molecule has 168 valence electrons. The molecule has 0 amide bonds. The van der Waals surface area contributed by atoms with Crippen LogP contribution in [0.5, 0.6) is 0 Å². The lowest BCUT2D eigenvalue weighted by molar-refractivity contribution is 0.0102. The van der Waals surface area contributed by atoms with Crippen LogP contribution in [0.15, 0.2) is 72.6 Å². The summed E-state index contributed by atoms with van der Waals surface area (Å²) < 4.78 is 0. The van der Waals surface area contributed by atoms with Crippen molar-refractivity contribution in [2.24, 2.45) is 17.8 Å². The van der Waals surface area contributed by atoms with Gasteiger partial charge in [0.05, 0.1) is 0 Å². The van der Waals surface area contributed by atoms with E-state index in [-0.39, 0.29) is 0 Å². The van der Waals surface area contributed by atoms with E-state index < -0.39 is 0 Å². The number of aryl methyl sites for hydroxylation is 1. The van der Waals surface area contributed by atoms with Gasteiger partial charge < -0.3 is 10.2 Å². The van der Waals surface area contributed by atoms with Crippen LogP contribution in [0.3, 0.4) is 0 Å². The summed E-state index contributed by atoms with van der Waals surface area (Å²) in [6.07, 6.45) is 18.8. The molecule has 6 aliphatic rings. The lowest BCUT2D eigenvalue weighted by Crippen LogP contribution is -2.51. The van der Waals surface area contributed by atoms with Crippen LogP contribution in [0.4, 0.5) is 0 Å². The lowest BCUT2D eigenvalue weighted by atomic mass is 9.61. The first kappa shape index (κ1) is 19.9. The molecule has 33 heavy (non-hydrogen) atoms. The zero-order valence-electron chi connectivity index (χ0n) is 19.5. The third kappa shape index (κ3) is 3.26. The van der Waals surface area contributed by atoms with Crippen LogP contribution in [0.25, 0.3) is 11.1 Å². The second kappa shape index (κ2) is 8.02. The Balaban J connectivity index is 1.34. The summed E-state index contributed by atoms with van der Waals surface area (Å²) >= 11 is 0. The summed E-state index contributed by atoms with van der Waals surface area (Å²) in [4.78, 5) is 2.75. The normalized spacial score (nSPS) is 31.6. The van der Waals surface area contributed by atoms with E-state index in [2.05, 4.69) is 77.1 Å². The smallest absolute Gasteiger partial charge is 0.0275 e. The van der Waals surface area contributed by atoms with Crippen LogP contribution in [0.2, 0.25) is 0 Å². The highest BCUT2D eigenvalue weighted by atomic mass is 15.1. The van der Waals surface area contributed by atoms with Crippen LogP contribution in [0.1, 0.15) is 47.4 Å². The van der Waals surface area contributed by atoms with Gasteiger partial charge in [-0.2, -0.15) is 0 Å². The van der Waals surface area contributed by atoms with Gasteiger partial charge in [0.2, 0.25) is 0 Å². The first-order valence-electron chi connectivity index (χ1n) is 13.1. The van der Waals surface area contributed by atoms with Gasteiger partial charge in [0.15, 0.2) is 0 Å². The van der Waals surface area contributed by atoms with Crippen molar-refractivity contribution in [2.45, 2.75) is 44.4 Å². The van der Waals surface area contributed by atoms with Crippen molar-refractivity contribution in [3.05, 3.63) is 94.9 Å². The van der Waals surface area contributed by atoms with Gasteiger partial charge in [-0.15, -0.1) is 0 Å². The maximum absolute atomic E-state index is 3.71. The van der Waals surface area contributed by atoms with E-state index in [9.17, 15) is 0 Å². The van der Waals surface area contributed by atoms with Gasteiger partial charge in [-0.25, -0.2) is 0 Å². The molecule has 0 unspecified atom stereocenters. The first-order valence-corrected chi connectivity index (χ1v) is 13.1. The Morgan fingerprint density at radius 1 is 0.758 bits per heavy atom. The number of fused-ring (bicyclic) bond motifs is 8. The summed E-state index contributed by atoms with van der Waals surface area (Å²) in [5.74, 6) is 2.97. The maximum atomic E-state index is 3.71. The van der Waals surface area contributed by atoms with Crippen LogP contribution in [0, 0.1) is 17.8 Å². The molecule has 2 nitrogen and oxygen atoms in total. The van der Waals surface area contributed by atoms with E-state index in [1.807, 2.05) is 0 Å². The maximum Gasteiger partial charge on any atom is 0.0275 e. The molecule has 8 rings (SSSR count). The van der Waals surface area contributed by atoms with Crippen LogP contribution >= 0.6 is 0 Å². The molecule has 4 heterocycles. The van der Waals surface area contributed by atoms with Crippen molar-refractivity contribution in [1.29, 1.82) is 0 Å². The molecule has 0 aromatic heterocycles. The molecule has 2 heteroatoms. The second-order valence-corrected chi connectivity index (χ2v) is 10.8. The quantitative estimate of drug-likeness (QED) is 0.624. The Labute approximate surface area is 198 Å². The van der Waals surface area contributed by atoms with Crippen molar-refractivity contribution in [3.8, 4) is 11.1 Å². The number of hydrogen-bond acceptors (Lipinski definition) is 2. The minimum absolute atomic E-state index is 0.481. The molecule has 0 radical (unpaired) electrons. The Hall–Kier alpha value is -2.58. The van der Waals surface area contributed by atoms with E-state index in [0.29, 0.717) is 5.92 Å². The van der Waals surface area contributed by atoms with Gasteiger partial charge in [-0.1, -0.05) is 48.6 Å². The van der Waals surface area contributed by atoms with Gasteiger partial charge in [-0.05, 0) is 115 Å². The number of nitrogens with zero attached hydrogens (tertiary/aromatic N) is 1. The molecular weight excluding hydrogens is 400 g/mol. The summed E-state index contributed by atoms with van der Waals surface area (Å²) in [5.41, 5.74) is 10.8. The van der Waals surface area contributed by atoms with Gasteiger partial charge >= 0.3 is 0 Å². The van der Waals surface area contributed by atoms with E-state index >= 15 is 0 Å². The van der Waals surface area contributed by atoms with E-state index in [1.165, 1.54) is 80.5 Å². The number of hydrogen-bond donors (Lipinski definition) is 1. The molecule has 0 spiro atoms. The largest absolute Gasteiger partial charge is 0.364 e. The average molecular weight is 435 g/mol. The molecule has 3 fully saturated rings. The minimum atomic E-state index is 0.481. The third-order valence-corrected chi connectivity index (χ3v) is 9.35. The van der Waals surface area contributed by atoms with Gasteiger partial charge in [0.1, 0.15) is 0 Å². The molecule has 3 saturated heterocycles. The summed E-state index contributed by atoms with van der Waals surface area (Å²) in [6, 6.07) is 14.0. The molecular formula is C31H34N2. The highest BCUT2D eigenvalue weighted by Crippen LogP contribution is 2.51. The summed E-state index contributed by atoms with van der Waals surface area (Å²) in [6.45, 7) is 3.97. The van der Waals surface area contributed by atoms with Crippen molar-refractivity contribution in [1.82, 2.24) is 10.2 Å². The van der Waals surface area contributed by atoms with Crippen LogP contribution in [-0.4, -0.2) is 24.5 Å². The summed E-state index contributed by atoms with van der Waals surface area (Å²) in [5, 5.41) is 3.71. The molecule has 2 aliphatic carbocycles. The number of piperidine rings is 3. The SMILES string of the molecule is C1=CC=C([C@@H]2c3ccc4c(c3CC[C@H]2[C@H]2CN3CCC2CC3)CCc2ccccc2-4)NC=C1. The fourth-order valence-corrected chi connectivity index (χ4v) is 7.82. The Kier molecular flexibility index (Phi) is 4.83. The molecule has 3 atom stereocenters. The Morgan fingerprint density at radius 3 is 2.55 bits per heavy atom. The number of benzene rings is 2. The fourth-order valence-electron chi connectivity index (χ4n) is 7.82. The van der Waals surface area contributed by atoms with Crippen molar-refractivity contribution in [3.63, 3.8) is 0 Å². The number of allylic oxidation sites excluding steroid dienone is 5. The monoisotopic (exact) mass is 434 g/mol. The molecule has 0 saturated carbocycles. The van der Waals surface area contributed by atoms with Gasteiger partial charge in [-0.3, -0.25) is 0 Å². The van der Waals surface area contributed by atoms with Crippen LogP contribution < -0.4 is 5.32 Å². The molecule has 4 aliphatic heterocycles. The highest BCUT2D eigenvalue weighted by Gasteiger charge is 2.45. The number of nitrogens with one attached hydrogen (secondary N) is 1. The van der Waals surface area contributed by atoms with E-state index in [0.717, 1.165) is 17.8 Å². The van der Waals surface area contributed by atoms with E-state index in [1.54, 1.807) is 16.7 Å². The lowest BCUT2D eigenvalue weighted by Gasteiger charge is -2.51. The molecule has 2 aromatic carbocycles. The second-order valence-electron chi connectivity index (χ2n) is 10.8. The Bertz CT molecular complexity index is 1160. The van der Waals surface area contributed by atoms with Gasteiger partial charge in [0.25, 0.3) is 0 Å². The third-order valence-electron chi connectivity index (χ3n) is 9.35. The summed E-state index contributed by atoms with van der Waals surface area (Å²) in [7, 11) is 0. The molecule has 2 bridgehead atoms. The average Bonchev–Trinajstić information content (AvgIpc) is 3.17. The standard InChI is InChI=1S/C31H34N2/c1-2-8-30(32-17-5-1)31-27-13-11-24-23-7-4-3-6-21(23)9-10-25(24)26(27)12-14-28(31)29-20-33-18-15-22(29)16-19-33/h1-8,11,13,17,22,28-29,31-32H,9-10,12,14-16,18-20H2/t28-,29-,31+/m0/s1. The first-order chi connectivity index (χ1) is 16.4. The van der Waals surface area contributed by atoms with E-state index in [4.69, 9.17) is 0 Å². The van der Waals surface area contributed by atoms with Crippen LogP contribution in [-0.2, 0) is 19.3 Å². The topological polar surface area (TPSA) is 15.3 Å². The van der Waals surface area contributed by atoms with Crippen molar-refractivity contribution >= 4 is 0 Å². The zero-order valence-corrected chi connectivity index (χ0v) is 19.5. The fraction of sp³-hybridized carbons (Fsp3) is 0.419. The minimum Gasteiger partial charge on any atom is -0.364 e. The highest BCUT2D eigenvalue weighted by molar-refractivity contribution is 5.75. The predicted molar refractivity (Wildman–Crippen MR) is 136 cm³/mol. The van der Waals surface area contributed by atoms with Crippen molar-refractivity contribution in [2.75, 3.05) is 19.6 Å². The Morgan fingerprint density at radius 2 is 1.67 bits per heavy atom.